The van der Waals surface area contributed by atoms with E-state index >= 15 is 0 Å². The number of Topliss-reactive ketones (excluding diaryl/α,β-unsaturated/α-hetero) is 1. The van der Waals surface area contributed by atoms with Gasteiger partial charge in [-0.3, -0.25) is 33.2 Å². The molecule has 3 fully saturated rings. The SMILES string of the molecule is CCOC(=O)CC(=O)c1ccc(Cl)cc1Cl.CCOC(=O)c1cnn(C2CCOCC2)c1-c1ccc(Cl)cc1Cl.COc1ccc(CNC(=O)c2cnn(C3CCOCC3)c2-c2ccc(Cl)cc2Cl)c(OC)c1.COc1ccc(Cn2c(=O)c3cnn(C4CCOCC4)c3c3ccc(Cl)cc32)c(OC)c1.O=C(O)c1ccc(Cl)cc1Cl. The van der Waals surface area contributed by atoms with Crippen molar-refractivity contribution in [2.45, 2.75) is 90.0 Å². The number of carboxylic acid groups (broad SMARTS) is 1. The van der Waals surface area contributed by atoms with E-state index in [-0.39, 0.29) is 76.1 Å². The van der Waals surface area contributed by atoms with Crippen LogP contribution >= 0.6 is 104 Å². The molecule has 24 nitrogen and oxygen atoms in total. The number of carbonyl (C=O) groups is 5. The number of amides is 1. The second kappa shape index (κ2) is 42.8. The molecule has 0 unspecified atom stereocenters. The summed E-state index contributed by atoms with van der Waals surface area (Å²) in [6, 6.07) is 36.4. The lowest BCUT2D eigenvalue weighted by Gasteiger charge is -2.25. The van der Waals surface area contributed by atoms with Crippen LogP contribution in [0.15, 0.2) is 151 Å². The summed E-state index contributed by atoms with van der Waals surface area (Å²) in [7, 11) is 6.39. The van der Waals surface area contributed by atoms with E-state index in [4.69, 9.17) is 147 Å². The first-order valence-electron chi connectivity index (χ1n) is 36.6. The number of halogens is 9. The molecule has 3 saturated heterocycles. The third kappa shape index (κ3) is 22.6. The number of pyridine rings is 1. The minimum Gasteiger partial charge on any atom is -0.497 e. The van der Waals surface area contributed by atoms with Gasteiger partial charge in [-0.25, -0.2) is 9.59 Å². The van der Waals surface area contributed by atoms with E-state index in [1.165, 1.54) is 30.3 Å². The number of rotatable bonds is 21. The number of ether oxygens (including phenoxy) is 9. The summed E-state index contributed by atoms with van der Waals surface area (Å²) < 4.78 is 55.3. The lowest BCUT2D eigenvalue weighted by Crippen LogP contribution is -2.25. The number of carbonyl (C=O) groups excluding carboxylic acids is 4. The van der Waals surface area contributed by atoms with E-state index in [1.807, 2.05) is 68.6 Å². The number of hydrogen-bond acceptors (Lipinski definition) is 18. The largest absolute Gasteiger partial charge is 0.497 e. The van der Waals surface area contributed by atoms with Crippen molar-refractivity contribution < 1.29 is 71.7 Å². The van der Waals surface area contributed by atoms with Crippen molar-refractivity contribution in [1.29, 1.82) is 0 Å². The van der Waals surface area contributed by atoms with Gasteiger partial charge in [0.05, 0.1) is 144 Å². The van der Waals surface area contributed by atoms with Gasteiger partial charge in [0.1, 0.15) is 35.0 Å². The molecule has 11 aromatic rings. The van der Waals surface area contributed by atoms with E-state index in [2.05, 4.69) is 25.3 Å². The number of aromatic nitrogens is 7. The van der Waals surface area contributed by atoms with Crippen LogP contribution in [0.3, 0.4) is 0 Å². The molecule has 0 aliphatic carbocycles. The number of esters is 2. The molecular formula is C83H81Cl9N8O16. The van der Waals surface area contributed by atoms with Crippen LogP contribution < -0.4 is 29.8 Å². The molecule has 1 amide bonds. The van der Waals surface area contributed by atoms with Crippen LogP contribution in [0.1, 0.15) is 129 Å². The molecule has 3 aliphatic heterocycles. The van der Waals surface area contributed by atoms with E-state index in [0.29, 0.717) is 150 Å². The maximum absolute atomic E-state index is 13.7. The van der Waals surface area contributed by atoms with E-state index in [9.17, 15) is 28.8 Å². The van der Waals surface area contributed by atoms with E-state index < -0.39 is 17.9 Å². The number of nitrogens with zero attached hydrogens (tertiary/aromatic N) is 7. The molecule has 0 atom stereocenters. The Kier molecular flexibility index (Phi) is 33.0. The van der Waals surface area contributed by atoms with Gasteiger partial charge in [0.15, 0.2) is 5.78 Å². The van der Waals surface area contributed by atoms with Crippen molar-refractivity contribution in [2.24, 2.45) is 0 Å². The molecule has 4 aromatic heterocycles. The molecule has 116 heavy (non-hydrogen) atoms. The Hall–Kier alpha value is -9.12. The predicted molar refractivity (Wildman–Crippen MR) is 450 cm³/mol. The second-order valence-electron chi connectivity index (χ2n) is 26.1. The number of nitrogens with one attached hydrogen (secondary N) is 1. The highest BCUT2D eigenvalue weighted by Gasteiger charge is 2.30. The molecule has 2 N–H and O–H groups in total. The zero-order valence-corrected chi connectivity index (χ0v) is 70.5. The molecule has 0 saturated carbocycles. The summed E-state index contributed by atoms with van der Waals surface area (Å²) in [6.07, 6.45) is 9.55. The third-order valence-electron chi connectivity index (χ3n) is 18.8. The molecule has 0 spiro atoms. The van der Waals surface area contributed by atoms with Gasteiger partial charge in [0.2, 0.25) is 0 Å². The molecule has 33 heteroatoms. The number of aromatic carboxylic acids is 1. The molecule has 0 bridgehead atoms. The molecule has 14 rings (SSSR count). The first-order chi connectivity index (χ1) is 55.9. The number of benzene rings is 7. The first kappa shape index (κ1) is 89.2. The Bertz CT molecular complexity index is 5390. The normalized spacial score (nSPS) is 13.6. The van der Waals surface area contributed by atoms with Gasteiger partial charge in [0, 0.05) is 117 Å². The van der Waals surface area contributed by atoms with Gasteiger partial charge in [0.25, 0.3) is 11.5 Å². The summed E-state index contributed by atoms with van der Waals surface area (Å²) >= 11 is 54.0. The fourth-order valence-electron chi connectivity index (χ4n) is 13.1. The summed E-state index contributed by atoms with van der Waals surface area (Å²) in [4.78, 5) is 72.4. The number of hydrogen-bond donors (Lipinski definition) is 2. The van der Waals surface area contributed by atoms with Gasteiger partial charge in [-0.2, -0.15) is 15.3 Å². The van der Waals surface area contributed by atoms with Crippen molar-refractivity contribution >= 4 is 156 Å². The average molecular weight is 1770 g/mol. The summed E-state index contributed by atoms with van der Waals surface area (Å²) in [6.45, 7) is 8.66. The highest BCUT2D eigenvalue weighted by atomic mass is 35.5. The maximum atomic E-state index is 13.7. The van der Waals surface area contributed by atoms with Crippen LogP contribution in [-0.4, -0.2) is 150 Å². The quantitative estimate of drug-likeness (QED) is 0.0384. The standard InChI is InChI=1S/C24H25Cl2N3O4.C24H24ClN3O4.C17H18Cl2N2O3.C11H10Cl2O3.C7H4Cl2O2/c1-31-18-5-3-15(22(12-18)32-2)13-27-24(30)20-14-28-29(17-7-9-33-10-8-17)23(20)19-6-4-16(25)11-21(19)26;1-30-18-5-3-15(22(12-18)31-2)14-27-21-11-16(25)4-6-19(21)23-20(24(27)29)13-26-28(23)17-7-9-32-10-8-17;1-2-24-17(22)14-10-20-21(12-5-7-23-8-6-12)16(14)13-4-3-11(18)9-15(13)19;1-2-16-11(15)6-10(14)8-4-3-7(12)5-9(8)13;8-4-1-2-5(7(10)11)6(9)3-4/h3-6,11-12,14,17H,7-10,13H2,1-2H3,(H,27,30);3-6,11-13,17H,7-10,14H2,1-2H3;3-4,9-10,12H,2,5-8H2,1H3;3-5H,2,6H2,1H3;1-3H,(H,10,11). The van der Waals surface area contributed by atoms with E-state index in [0.717, 1.165) is 66.1 Å². The highest BCUT2D eigenvalue weighted by Crippen LogP contribution is 2.40. The van der Waals surface area contributed by atoms with Crippen LogP contribution in [0.2, 0.25) is 45.2 Å². The fourth-order valence-corrected chi connectivity index (χ4v) is 15.3. The fraction of sp³-hybridized carbons (Fsp3) is 0.313. The Morgan fingerprint density at radius 1 is 0.474 bits per heavy atom. The Morgan fingerprint density at radius 3 is 1.40 bits per heavy atom. The minimum absolute atomic E-state index is 0.0658. The molecule has 3 aliphatic rings. The smallest absolute Gasteiger partial charge is 0.341 e. The van der Waals surface area contributed by atoms with Gasteiger partial charge >= 0.3 is 17.9 Å². The average Bonchev–Trinajstić information content (AvgIpc) is 1.51. The third-order valence-corrected chi connectivity index (χ3v) is 21.3. The lowest BCUT2D eigenvalue weighted by atomic mass is 10.0. The van der Waals surface area contributed by atoms with Crippen molar-refractivity contribution in [3.05, 3.63) is 235 Å². The zero-order valence-electron chi connectivity index (χ0n) is 63.7. The van der Waals surface area contributed by atoms with Gasteiger partial charge in [-0.15, -0.1) is 0 Å². The monoisotopic (exact) mass is 1760 g/mol. The Labute approximate surface area is 713 Å². The van der Waals surface area contributed by atoms with Gasteiger partial charge in [-0.05, 0) is 168 Å². The molecule has 7 heterocycles. The van der Waals surface area contributed by atoms with E-state index in [1.54, 1.807) is 108 Å². The Balaban J connectivity index is 0.000000160. The van der Waals surface area contributed by atoms with Crippen LogP contribution in [0.5, 0.6) is 23.0 Å². The number of ketones is 1. The van der Waals surface area contributed by atoms with Crippen LogP contribution in [0.25, 0.3) is 44.3 Å². The van der Waals surface area contributed by atoms with Crippen molar-refractivity contribution in [3.8, 4) is 45.5 Å². The number of methoxy groups -OCH3 is 4. The molecular weight excluding hydrogens is 1680 g/mol. The topological polar surface area (TPSA) is 276 Å². The summed E-state index contributed by atoms with van der Waals surface area (Å²) in [5.74, 6) is 0.0191. The van der Waals surface area contributed by atoms with Gasteiger partial charge in [-0.1, -0.05) is 104 Å². The summed E-state index contributed by atoms with van der Waals surface area (Å²) in [5.41, 5.74) is 7.16. The second-order valence-corrected chi connectivity index (χ2v) is 29.9. The highest BCUT2D eigenvalue weighted by molar-refractivity contribution is 6.39. The van der Waals surface area contributed by atoms with Crippen LogP contribution in [0, 0.1) is 0 Å². The van der Waals surface area contributed by atoms with Crippen molar-refractivity contribution in [2.75, 3.05) is 81.3 Å². The number of carboxylic acids is 1. The predicted octanol–water partition coefficient (Wildman–Crippen LogP) is 19.8. The Morgan fingerprint density at radius 2 is 0.914 bits per heavy atom. The zero-order chi connectivity index (χ0) is 83.3. The summed E-state index contributed by atoms with van der Waals surface area (Å²) in [5, 5.41) is 30.6. The first-order valence-corrected chi connectivity index (χ1v) is 40.0. The maximum Gasteiger partial charge on any atom is 0.341 e. The van der Waals surface area contributed by atoms with Crippen molar-refractivity contribution in [1.82, 2.24) is 39.2 Å². The van der Waals surface area contributed by atoms with Crippen molar-refractivity contribution in [3.63, 3.8) is 0 Å². The number of fused-ring (bicyclic) bond motifs is 3. The lowest BCUT2D eigenvalue weighted by molar-refractivity contribution is -0.142. The molecule has 612 valence electrons. The molecule has 0 radical (unpaired) electrons. The van der Waals surface area contributed by atoms with Crippen LogP contribution in [0.4, 0.5) is 0 Å². The van der Waals surface area contributed by atoms with Crippen LogP contribution in [-0.2, 0) is 41.6 Å². The minimum atomic E-state index is -1.05. The van der Waals surface area contributed by atoms with Gasteiger partial charge < -0.3 is 57.6 Å². The molecule has 7 aromatic carbocycles.